The van der Waals surface area contributed by atoms with Gasteiger partial charge in [0.1, 0.15) is 6.54 Å². The van der Waals surface area contributed by atoms with Crippen LogP contribution in [-0.4, -0.2) is 56.8 Å². The van der Waals surface area contributed by atoms with E-state index in [2.05, 4.69) is 13.8 Å². The van der Waals surface area contributed by atoms with Crippen LogP contribution in [0.25, 0.3) is 0 Å². The van der Waals surface area contributed by atoms with Gasteiger partial charge < -0.3 is 14.0 Å². The lowest BCUT2D eigenvalue weighted by Crippen LogP contribution is -2.44. The van der Waals surface area contributed by atoms with Gasteiger partial charge >= 0.3 is 11.9 Å². The van der Waals surface area contributed by atoms with Crippen molar-refractivity contribution in [2.75, 3.05) is 34.3 Å². The summed E-state index contributed by atoms with van der Waals surface area (Å²) in [5.41, 5.74) is 0. The molecular weight excluding hydrogens is 366 g/mol. The van der Waals surface area contributed by atoms with Crippen molar-refractivity contribution in [2.24, 2.45) is 0 Å². The van der Waals surface area contributed by atoms with E-state index in [0.29, 0.717) is 24.1 Å². The molecule has 0 saturated heterocycles. The molecule has 0 unspecified atom stereocenters. The summed E-state index contributed by atoms with van der Waals surface area (Å²) in [5, 5.41) is 0. The van der Waals surface area contributed by atoms with Crippen molar-refractivity contribution in [1.29, 1.82) is 0 Å². The molecule has 0 saturated carbocycles. The minimum absolute atomic E-state index is 0.146. The first-order valence-electron chi connectivity index (χ1n) is 11.9. The molecule has 5 heteroatoms. The summed E-state index contributed by atoms with van der Waals surface area (Å²) in [6, 6.07) is 0. The molecule has 0 heterocycles. The van der Waals surface area contributed by atoms with Crippen molar-refractivity contribution >= 4 is 11.9 Å². The van der Waals surface area contributed by atoms with Gasteiger partial charge in [-0.1, -0.05) is 78.1 Å². The van der Waals surface area contributed by atoms with E-state index in [1.807, 2.05) is 21.1 Å². The molecule has 172 valence electrons. The van der Waals surface area contributed by atoms with E-state index in [1.165, 1.54) is 51.4 Å². The summed E-state index contributed by atoms with van der Waals surface area (Å²) >= 11 is 0. The van der Waals surface area contributed by atoms with Crippen LogP contribution in [0.1, 0.15) is 104 Å². The van der Waals surface area contributed by atoms with Gasteiger partial charge in [-0.15, -0.1) is 0 Å². The first-order chi connectivity index (χ1) is 13.8. The lowest BCUT2D eigenvalue weighted by Gasteiger charge is -2.28. The van der Waals surface area contributed by atoms with E-state index in [1.54, 1.807) is 0 Å². The van der Waals surface area contributed by atoms with Crippen molar-refractivity contribution in [1.82, 2.24) is 0 Å². The predicted molar refractivity (Wildman–Crippen MR) is 120 cm³/mol. The minimum atomic E-state index is -0.417. The van der Waals surface area contributed by atoms with Gasteiger partial charge in [0, 0.05) is 6.42 Å². The molecule has 0 aliphatic rings. The molecule has 0 aromatic carbocycles. The van der Waals surface area contributed by atoms with Crippen molar-refractivity contribution in [3.05, 3.63) is 0 Å². The maximum Gasteiger partial charge on any atom is 0.309 e. The molecule has 0 aromatic rings. The average Bonchev–Trinajstić information content (AvgIpc) is 2.62. The third-order valence-electron chi connectivity index (χ3n) is 4.94. The number of unbranched alkanes of at least 4 members (excludes halogenated alkanes) is 10. The Kier molecular flexibility index (Phi) is 17.1. The van der Waals surface area contributed by atoms with Gasteiger partial charge in [0.25, 0.3) is 0 Å². The first kappa shape index (κ1) is 27.9. The normalized spacial score (nSPS) is 12.6. The fraction of sp³-hybridized carbons (Fsp3) is 0.917. The average molecular weight is 415 g/mol. The van der Waals surface area contributed by atoms with Crippen LogP contribution in [0.3, 0.4) is 0 Å². The van der Waals surface area contributed by atoms with Crippen LogP contribution >= 0.6 is 0 Å². The number of carbonyl (C=O) groups excluding carboxylic acids is 2. The summed E-state index contributed by atoms with van der Waals surface area (Å²) in [4.78, 5) is 24.4. The maximum atomic E-state index is 12.2. The van der Waals surface area contributed by atoms with Crippen molar-refractivity contribution in [3.8, 4) is 0 Å². The molecule has 0 rings (SSSR count). The lowest BCUT2D eigenvalue weighted by molar-refractivity contribution is -0.873. The Morgan fingerprint density at radius 3 is 1.79 bits per heavy atom. The second kappa shape index (κ2) is 17.7. The van der Waals surface area contributed by atoms with E-state index in [-0.39, 0.29) is 18.4 Å². The van der Waals surface area contributed by atoms with Gasteiger partial charge in [-0.2, -0.15) is 0 Å². The lowest BCUT2D eigenvalue weighted by atomic mass is 10.1. The Morgan fingerprint density at radius 2 is 1.24 bits per heavy atom. The third-order valence-corrected chi connectivity index (χ3v) is 4.94. The van der Waals surface area contributed by atoms with Gasteiger partial charge in [0.05, 0.1) is 34.2 Å². The fourth-order valence-electron chi connectivity index (χ4n) is 3.36. The predicted octanol–water partition coefficient (Wildman–Crippen LogP) is 5.65. The topological polar surface area (TPSA) is 52.6 Å². The van der Waals surface area contributed by atoms with Gasteiger partial charge in [0.15, 0.2) is 6.10 Å². The molecule has 0 aliphatic heterocycles. The van der Waals surface area contributed by atoms with Crippen LogP contribution < -0.4 is 0 Å². The molecule has 1 atom stereocenters. The zero-order valence-electron chi connectivity index (χ0n) is 20.0. The van der Waals surface area contributed by atoms with Gasteiger partial charge in [0.2, 0.25) is 0 Å². The number of esters is 2. The standard InChI is InChI=1S/C24H48NO4/c1-6-8-10-12-14-16-18-23(26)29-22(21-25(3,4)5)20-24(27)28-19-17-15-13-11-9-7-2/h22H,6-21H2,1-5H3/q+1/t22-/m1/s1. The first-order valence-corrected chi connectivity index (χ1v) is 11.9. The summed E-state index contributed by atoms with van der Waals surface area (Å²) in [7, 11) is 6.11. The highest BCUT2D eigenvalue weighted by Gasteiger charge is 2.25. The Bertz CT molecular complexity index is 418. The van der Waals surface area contributed by atoms with Crippen LogP contribution in [0.5, 0.6) is 0 Å². The SMILES string of the molecule is CCCCCCCCOC(=O)C[C@H](C[N+](C)(C)C)OC(=O)CCCCCCCC. The van der Waals surface area contributed by atoms with Crippen LogP contribution in [0.4, 0.5) is 0 Å². The number of ether oxygens (including phenoxy) is 2. The van der Waals surface area contributed by atoms with Gasteiger partial charge in [-0.25, -0.2) is 0 Å². The van der Waals surface area contributed by atoms with E-state index < -0.39 is 6.10 Å². The van der Waals surface area contributed by atoms with Crippen molar-refractivity contribution < 1.29 is 23.5 Å². The highest BCUT2D eigenvalue weighted by molar-refractivity contribution is 5.72. The number of rotatable bonds is 19. The summed E-state index contributed by atoms with van der Waals surface area (Å²) < 4.78 is 11.7. The van der Waals surface area contributed by atoms with Crippen molar-refractivity contribution in [3.63, 3.8) is 0 Å². The van der Waals surface area contributed by atoms with Crippen LogP contribution in [0.2, 0.25) is 0 Å². The fourth-order valence-corrected chi connectivity index (χ4v) is 3.36. The number of hydrogen-bond acceptors (Lipinski definition) is 4. The Hall–Kier alpha value is -1.10. The molecule has 0 aliphatic carbocycles. The molecule has 0 aromatic heterocycles. The molecule has 0 N–H and O–H groups in total. The Labute approximate surface area is 180 Å². The zero-order valence-corrected chi connectivity index (χ0v) is 20.0. The molecule has 0 radical (unpaired) electrons. The molecular formula is C24H48NO4+. The van der Waals surface area contributed by atoms with E-state index in [4.69, 9.17) is 9.47 Å². The maximum absolute atomic E-state index is 12.2. The van der Waals surface area contributed by atoms with Crippen LogP contribution in [0.15, 0.2) is 0 Å². The highest BCUT2D eigenvalue weighted by atomic mass is 16.6. The molecule has 0 bridgehead atoms. The monoisotopic (exact) mass is 414 g/mol. The highest BCUT2D eigenvalue weighted by Crippen LogP contribution is 2.12. The summed E-state index contributed by atoms with van der Waals surface area (Å²) in [6.45, 7) is 5.47. The van der Waals surface area contributed by atoms with E-state index >= 15 is 0 Å². The van der Waals surface area contributed by atoms with Gasteiger partial charge in [-0.3, -0.25) is 9.59 Å². The second-order valence-corrected chi connectivity index (χ2v) is 9.29. The summed E-state index contributed by atoms with van der Waals surface area (Å²) in [5.74, 6) is -0.452. The third kappa shape index (κ3) is 20.0. The number of quaternary nitrogens is 1. The zero-order chi connectivity index (χ0) is 22.0. The van der Waals surface area contributed by atoms with E-state index in [9.17, 15) is 9.59 Å². The van der Waals surface area contributed by atoms with Gasteiger partial charge in [-0.05, 0) is 12.8 Å². The number of nitrogens with zero attached hydrogens (tertiary/aromatic N) is 1. The summed E-state index contributed by atoms with van der Waals surface area (Å²) in [6.07, 6.45) is 14.0. The molecule has 29 heavy (non-hydrogen) atoms. The largest absolute Gasteiger partial charge is 0.466 e. The molecule has 0 spiro atoms. The second-order valence-electron chi connectivity index (χ2n) is 9.29. The Balaban J connectivity index is 4.17. The smallest absolute Gasteiger partial charge is 0.309 e. The molecule has 0 amide bonds. The van der Waals surface area contributed by atoms with Crippen LogP contribution in [0, 0.1) is 0 Å². The minimum Gasteiger partial charge on any atom is -0.466 e. The van der Waals surface area contributed by atoms with E-state index in [0.717, 1.165) is 25.7 Å². The Morgan fingerprint density at radius 1 is 0.724 bits per heavy atom. The van der Waals surface area contributed by atoms with Crippen LogP contribution in [-0.2, 0) is 19.1 Å². The molecule has 5 nitrogen and oxygen atoms in total. The molecule has 0 fully saturated rings. The number of likely N-dealkylation sites (N-methyl/N-ethyl adjacent to an activating group) is 1. The quantitative estimate of drug-likeness (QED) is 0.156. The number of hydrogen-bond donors (Lipinski definition) is 0. The van der Waals surface area contributed by atoms with Crippen molar-refractivity contribution in [2.45, 2.75) is 110 Å². The number of carbonyl (C=O) groups is 2.